The molecule has 10 nitrogen and oxygen atoms in total. The van der Waals surface area contributed by atoms with Crippen LogP contribution in [0.5, 0.6) is 23.3 Å². The maximum absolute atomic E-state index is 12.7. The number of aryl methyl sites for hydroxylation is 1. The molecule has 2 heterocycles. The Hall–Kier alpha value is -5.25. The summed E-state index contributed by atoms with van der Waals surface area (Å²) >= 11 is 0. The highest BCUT2D eigenvalue weighted by atomic mass is 16.6. The Morgan fingerprint density at radius 2 is 1.65 bits per heavy atom. The Kier molecular flexibility index (Phi) is 6.45. The zero-order chi connectivity index (χ0) is 25.8. The number of rotatable bonds is 7. The quantitative estimate of drug-likeness (QED) is 0.197. The Morgan fingerprint density at radius 3 is 2.41 bits per heavy atom. The zero-order valence-electron chi connectivity index (χ0n) is 19.6. The number of ether oxygens (including phenoxy) is 3. The number of non-ortho nitro benzene ring substituents is 1. The van der Waals surface area contributed by atoms with Crippen molar-refractivity contribution in [2.45, 2.75) is 13.5 Å². The number of nitro groups is 1. The summed E-state index contributed by atoms with van der Waals surface area (Å²) in [6.07, 6.45) is 0.927. The monoisotopic (exact) mass is 496 g/mol. The fraction of sp³-hybridized carbons (Fsp3) is 0.0741. The molecule has 0 aliphatic rings. The lowest BCUT2D eigenvalue weighted by Crippen LogP contribution is -2.15. The molecule has 0 radical (unpaired) electrons. The summed E-state index contributed by atoms with van der Waals surface area (Å²) in [6, 6.07) is 23.6. The van der Waals surface area contributed by atoms with Crippen molar-refractivity contribution < 1.29 is 23.9 Å². The maximum atomic E-state index is 12.7. The van der Waals surface area contributed by atoms with Crippen molar-refractivity contribution in [1.29, 1.82) is 0 Å². The minimum Gasteiger partial charge on any atom is -0.473 e. The number of nitrogens with zero attached hydrogens (tertiary/aromatic N) is 4. The van der Waals surface area contributed by atoms with E-state index in [-0.39, 0.29) is 11.4 Å². The topological polar surface area (TPSA) is 119 Å². The molecule has 0 unspecified atom stereocenters. The van der Waals surface area contributed by atoms with Crippen molar-refractivity contribution in [3.63, 3.8) is 0 Å². The molecule has 184 valence electrons. The first-order chi connectivity index (χ1) is 17.9. The van der Waals surface area contributed by atoms with Gasteiger partial charge in [-0.3, -0.25) is 14.7 Å². The number of carbonyl (C=O) groups is 1. The van der Waals surface area contributed by atoms with E-state index in [2.05, 4.69) is 9.97 Å². The van der Waals surface area contributed by atoms with E-state index >= 15 is 0 Å². The molecule has 0 aliphatic carbocycles. The predicted octanol–water partition coefficient (Wildman–Crippen LogP) is 6.07. The highest BCUT2D eigenvalue weighted by Crippen LogP contribution is 2.28. The molecule has 0 saturated carbocycles. The maximum Gasteiger partial charge on any atom is 0.423 e. The smallest absolute Gasteiger partial charge is 0.423 e. The van der Waals surface area contributed by atoms with Crippen LogP contribution in [0, 0.1) is 17.0 Å². The van der Waals surface area contributed by atoms with Crippen molar-refractivity contribution in [2.75, 3.05) is 0 Å². The van der Waals surface area contributed by atoms with Crippen LogP contribution in [-0.2, 0) is 6.61 Å². The Morgan fingerprint density at radius 1 is 0.919 bits per heavy atom. The van der Waals surface area contributed by atoms with Gasteiger partial charge >= 0.3 is 6.09 Å². The number of nitro benzene ring substituents is 1. The van der Waals surface area contributed by atoms with Gasteiger partial charge in [-0.1, -0.05) is 30.3 Å². The van der Waals surface area contributed by atoms with Crippen LogP contribution in [0.2, 0.25) is 0 Å². The molecule has 0 aliphatic heterocycles. The molecule has 0 atom stereocenters. The molecule has 0 saturated heterocycles. The minimum absolute atomic E-state index is 0.0903. The van der Waals surface area contributed by atoms with Crippen molar-refractivity contribution >= 4 is 22.7 Å². The standard InChI is InChI=1S/C27H20N4O6/c1-18-28-25(35-17-19-5-3-2-4-6-19)16-26(29-18)36-23-11-12-24-20(15-23)13-14-30(24)27(32)37-22-9-7-21(8-10-22)31(33)34/h2-16H,17H2,1H3. The van der Waals surface area contributed by atoms with Gasteiger partial charge in [0.2, 0.25) is 11.8 Å². The van der Waals surface area contributed by atoms with Gasteiger partial charge < -0.3 is 14.2 Å². The average molecular weight is 496 g/mol. The first-order valence-electron chi connectivity index (χ1n) is 11.2. The lowest BCUT2D eigenvalue weighted by molar-refractivity contribution is -0.384. The molecule has 5 rings (SSSR count). The molecule has 0 amide bonds. The van der Waals surface area contributed by atoms with E-state index < -0.39 is 11.0 Å². The van der Waals surface area contributed by atoms with Crippen LogP contribution in [-0.4, -0.2) is 25.6 Å². The molecular formula is C27H20N4O6. The van der Waals surface area contributed by atoms with Gasteiger partial charge in [-0.25, -0.2) is 4.79 Å². The summed E-state index contributed by atoms with van der Waals surface area (Å²) in [5.41, 5.74) is 1.53. The van der Waals surface area contributed by atoms with Gasteiger partial charge in [0.05, 0.1) is 16.5 Å². The van der Waals surface area contributed by atoms with E-state index in [1.807, 2.05) is 30.3 Å². The highest BCUT2D eigenvalue weighted by Gasteiger charge is 2.14. The molecule has 2 aromatic heterocycles. The largest absolute Gasteiger partial charge is 0.473 e. The van der Waals surface area contributed by atoms with Gasteiger partial charge in [0, 0.05) is 23.7 Å². The normalized spacial score (nSPS) is 10.7. The first kappa shape index (κ1) is 23.5. The van der Waals surface area contributed by atoms with Crippen LogP contribution in [0.15, 0.2) is 91.1 Å². The van der Waals surface area contributed by atoms with E-state index in [0.29, 0.717) is 35.5 Å². The van der Waals surface area contributed by atoms with Crippen LogP contribution in [0.4, 0.5) is 10.5 Å². The van der Waals surface area contributed by atoms with Gasteiger partial charge in [0.15, 0.2) is 0 Å². The van der Waals surface area contributed by atoms with Crippen LogP contribution in [0.1, 0.15) is 11.4 Å². The second-order valence-corrected chi connectivity index (χ2v) is 7.99. The molecule has 0 spiro atoms. The minimum atomic E-state index is -0.649. The van der Waals surface area contributed by atoms with Crippen molar-refractivity contribution in [3.05, 3.63) is 113 Å². The SMILES string of the molecule is Cc1nc(OCc2ccccc2)cc(Oc2ccc3c(ccn3C(=O)Oc3ccc([N+](=O)[O-])cc3)c2)n1. The summed E-state index contributed by atoms with van der Waals surface area (Å²) in [7, 11) is 0. The fourth-order valence-corrected chi connectivity index (χ4v) is 3.62. The predicted molar refractivity (Wildman–Crippen MR) is 134 cm³/mol. The third kappa shape index (κ3) is 5.54. The fourth-order valence-electron chi connectivity index (χ4n) is 3.62. The van der Waals surface area contributed by atoms with Gasteiger partial charge in [-0.15, -0.1) is 0 Å². The average Bonchev–Trinajstić information content (AvgIpc) is 3.31. The van der Waals surface area contributed by atoms with E-state index in [1.165, 1.54) is 28.8 Å². The lowest BCUT2D eigenvalue weighted by Gasteiger charge is -2.10. The number of benzene rings is 3. The van der Waals surface area contributed by atoms with Crippen LogP contribution >= 0.6 is 0 Å². The lowest BCUT2D eigenvalue weighted by atomic mass is 10.2. The van der Waals surface area contributed by atoms with Crippen LogP contribution < -0.4 is 14.2 Å². The van der Waals surface area contributed by atoms with Crippen LogP contribution in [0.3, 0.4) is 0 Å². The van der Waals surface area contributed by atoms with Gasteiger partial charge in [0.25, 0.3) is 5.69 Å². The Balaban J connectivity index is 1.29. The molecule has 3 aromatic carbocycles. The van der Waals surface area contributed by atoms with Gasteiger partial charge in [-0.05, 0) is 48.9 Å². The number of carbonyl (C=O) groups excluding carboxylic acids is 1. The molecule has 5 aromatic rings. The van der Waals surface area contributed by atoms with E-state index in [0.717, 1.165) is 10.9 Å². The van der Waals surface area contributed by atoms with Crippen molar-refractivity contribution in [1.82, 2.24) is 14.5 Å². The highest BCUT2D eigenvalue weighted by molar-refractivity contribution is 5.91. The first-order valence-corrected chi connectivity index (χ1v) is 11.2. The zero-order valence-corrected chi connectivity index (χ0v) is 19.6. The molecule has 37 heavy (non-hydrogen) atoms. The molecule has 0 fully saturated rings. The Labute approximate surface area is 210 Å². The van der Waals surface area contributed by atoms with Crippen molar-refractivity contribution in [2.24, 2.45) is 0 Å². The summed E-state index contributed by atoms with van der Waals surface area (Å²) < 4.78 is 18.4. The van der Waals surface area contributed by atoms with Gasteiger partial charge in [0.1, 0.15) is 23.9 Å². The molecule has 10 heteroatoms. The summed E-state index contributed by atoms with van der Waals surface area (Å²) in [5, 5.41) is 11.5. The van der Waals surface area contributed by atoms with Crippen molar-refractivity contribution in [3.8, 4) is 23.3 Å². The third-order valence-electron chi connectivity index (χ3n) is 5.35. The molecular weight excluding hydrogens is 476 g/mol. The van der Waals surface area contributed by atoms with Gasteiger partial charge in [-0.2, -0.15) is 9.97 Å². The second kappa shape index (κ2) is 10.2. The summed E-state index contributed by atoms with van der Waals surface area (Å²) in [5.74, 6) is 1.93. The molecule has 0 bridgehead atoms. The van der Waals surface area contributed by atoms with E-state index in [1.54, 1.807) is 43.5 Å². The number of aromatic nitrogens is 3. The number of hydrogen-bond acceptors (Lipinski definition) is 8. The third-order valence-corrected chi connectivity index (χ3v) is 5.35. The van der Waals surface area contributed by atoms with E-state index in [4.69, 9.17) is 14.2 Å². The Bertz CT molecular complexity index is 1580. The number of fused-ring (bicyclic) bond motifs is 1. The second-order valence-electron chi connectivity index (χ2n) is 7.99. The number of hydrogen-bond donors (Lipinski definition) is 0. The summed E-state index contributed by atoms with van der Waals surface area (Å²) in [4.78, 5) is 31.6. The molecule has 0 N–H and O–H groups in total. The summed E-state index contributed by atoms with van der Waals surface area (Å²) in [6.45, 7) is 2.12. The van der Waals surface area contributed by atoms with Crippen LogP contribution in [0.25, 0.3) is 10.9 Å². The van der Waals surface area contributed by atoms with E-state index in [9.17, 15) is 14.9 Å².